The molecule has 0 aromatic heterocycles. The second-order valence-electron chi connectivity index (χ2n) is 8.01. The topological polar surface area (TPSA) is 9.23 Å². The Morgan fingerprint density at radius 1 is 0.933 bits per heavy atom. The molecule has 0 N–H and O–H groups in total. The lowest BCUT2D eigenvalue weighted by atomic mass is 9.80. The summed E-state index contributed by atoms with van der Waals surface area (Å²) in [4.78, 5) is 0. The Morgan fingerprint density at radius 3 is 2.07 bits per heavy atom. The first kappa shape index (κ1) is 23.0. The molecule has 0 radical (unpaired) electrons. The van der Waals surface area contributed by atoms with Gasteiger partial charge in [-0.15, -0.1) is 0 Å². The first-order chi connectivity index (χ1) is 14.2. The van der Waals surface area contributed by atoms with Gasteiger partial charge in [0.1, 0.15) is 23.0 Å². The van der Waals surface area contributed by atoms with E-state index in [-0.39, 0.29) is 11.1 Å². The zero-order valence-corrected chi connectivity index (χ0v) is 17.4. The maximum absolute atomic E-state index is 14.6. The minimum atomic E-state index is -4.18. The Balaban J connectivity index is 1.67. The predicted octanol–water partition coefficient (Wildman–Crippen LogP) is 7.44. The van der Waals surface area contributed by atoms with Crippen LogP contribution in [0.1, 0.15) is 43.2 Å². The molecular formula is C23H24ClF5O. The van der Waals surface area contributed by atoms with E-state index in [9.17, 15) is 22.0 Å². The van der Waals surface area contributed by atoms with Crippen LogP contribution in [0.15, 0.2) is 30.3 Å². The molecular weight excluding hydrogens is 423 g/mol. The lowest BCUT2D eigenvalue weighted by Gasteiger charge is -2.28. The summed E-state index contributed by atoms with van der Waals surface area (Å²) in [6.07, 6.45) is 6.19. The van der Waals surface area contributed by atoms with Crippen molar-refractivity contribution in [1.82, 2.24) is 0 Å². The van der Waals surface area contributed by atoms with Gasteiger partial charge in [-0.25, -0.2) is 13.2 Å². The minimum Gasteiger partial charge on any atom is -0.384 e. The molecule has 0 saturated heterocycles. The number of benzene rings is 2. The lowest BCUT2D eigenvalue weighted by Crippen LogP contribution is -2.18. The summed E-state index contributed by atoms with van der Waals surface area (Å²) in [6.45, 7) is 0.796. The lowest BCUT2D eigenvalue weighted by molar-refractivity contribution is 0.0859. The number of hydrogen-bond donors (Lipinski definition) is 0. The summed E-state index contributed by atoms with van der Waals surface area (Å²) in [5, 5.41) is -4.18. The van der Waals surface area contributed by atoms with Crippen LogP contribution >= 0.6 is 11.6 Å². The van der Waals surface area contributed by atoms with E-state index in [2.05, 4.69) is 0 Å². The highest BCUT2D eigenvalue weighted by molar-refractivity contribution is 6.21. The molecule has 0 bridgehead atoms. The third-order valence-corrected chi connectivity index (χ3v) is 6.07. The highest BCUT2D eigenvalue weighted by Crippen LogP contribution is 2.38. The Morgan fingerprint density at radius 2 is 1.53 bits per heavy atom. The number of hydrogen-bond acceptors (Lipinski definition) is 1. The largest absolute Gasteiger partial charge is 0.384 e. The van der Waals surface area contributed by atoms with Gasteiger partial charge in [-0.3, -0.25) is 0 Å². The van der Waals surface area contributed by atoms with Crippen LogP contribution in [0.3, 0.4) is 0 Å². The standard InChI is InChI=1S/C23H24ClF5O/c1-30-13-16-6-3-14(4-7-16)2-5-15-8-9-18(19(25)10-15)17-11-20(26)22(21(27)12-17)23(24,28)29/h8-12,14,16H,2-7,13H2,1H3. The molecule has 2 aromatic carbocycles. The number of aryl methyl sites for hydroxylation is 1. The average Bonchev–Trinajstić information content (AvgIpc) is 2.66. The molecule has 0 atom stereocenters. The van der Waals surface area contributed by atoms with E-state index in [0.29, 0.717) is 30.4 Å². The van der Waals surface area contributed by atoms with Crippen molar-refractivity contribution in [3.8, 4) is 11.1 Å². The zero-order valence-electron chi connectivity index (χ0n) is 16.7. The van der Waals surface area contributed by atoms with Gasteiger partial charge in [0.2, 0.25) is 0 Å². The Hall–Kier alpha value is -1.66. The second-order valence-corrected chi connectivity index (χ2v) is 8.48. The van der Waals surface area contributed by atoms with E-state index < -0.39 is 28.4 Å². The first-order valence-corrected chi connectivity index (χ1v) is 10.4. The number of halogens is 6. The number of ether oxygens (including phenoxy) is 1. The van der Waals surface area contributed by atoms with Crippen molar-refractivity contribution in [2.45, 2.75) is 43.9 Å². The summed E-state index contributed by atoms with van der Waals surface area (Å²) in [5.41, 5.74) is -0.957. The Bertz CT molecular complexity index is 849. The van der Waals surface area contributed by atoms with Crippen LogP contribution in [0, 0.1) is 29.3 Å². The molecule has 0 amide bonds. The molecule has 7 heteroatoms. The SMILES string of the molecule is COCC1CCC(CCc2ccc(-c3cc(F)c(C(F)(F)Cl)c(F)c3)c(F)c2)CC1. The van der Waals surface area contributed by atoms with Crippen LogP contribution in [0.5, 0.6) is 0 Å². The number of rotatable bonds is 7. The molecule has 1 aliphatic carbocycles. The molecule has 1 saturated carbocycles. The molecule has 0 heterocycles. The maximum Gasteiger partial charge on any atom is 0.353 e. The highest BCUT2D eigenvalue weighted by Gasteiger charge is 2.35. The normalized spacial score (nSPS) is 19.8. The molecule has 2 aromatic rings. The van der Waals surface area contributed by atoms with E-state index in [1.54, 1.807) is 13.2 Å². The fourth-order valence-corrected chi connectivity index (χ4v) is 4.42. The molecule has 0 unspecified atom stereocenters. The molecule has 164 valence electrons. The van der Waals surface area contributed by atoms with Gasteiger partial charge < -0.3 is 4.74 Å². The van der Waals surface area contributed by atoms with Gasteiger partial charge in [0.25, 0.3) is 0 Å². The summed E-state index contributed by atoms with van der Waals surface area (Å²) < 4.78 is 74.0. The van der Waals surface area contributed by atoms with E-state index in [1.165, 1.54) is 12.1 Å². The van der Waals surface area contributed by atoms with Crippen molar-refractivity contribution in [2.24, 2.45) is 11.8 Å². The van der Waals surface area contributed by atoms with Crippen LogP contribution in [0.2, 0.25) is 0 Å². The van der Waals surface area contributed by atoms with Gasteiger partial charge in [-0.1, -0.05) is 25.0 Å². The van der Waals surface area contributed by atoms with Crippen molar-refractivity contribution in [3.05, 3.63) is 58.9 Å². The summed E-state index contributed by atoms with van der Waals surface area (Å²) >= 11 is 4.75. The van der Waals surface area contributed by atoms with Crippen LogP contribution in [-0.2, 0) is 16.5 Å². The Kier molecular flexibility index (Phi) is 7.40. The zero-order chi connectivity index (χ0) is 21.9. The van der Waals surface area contributed by atoms with Gasteiger partial charge >= 0.3 is 5.38 Å². The van der Waals surface area contributed by atoms with Gasteiger partial charge in [-0.05, 0) is 78.4 Å². The van der Waals surface area contributed by atoms with Crippen molar-refractivity contribution >= 4 is 11.6 Å². The summed E-state index contributed by atoms with van der Waals surface area (Å²) in [6, 6.07) is 5.81. The van der Waals surface area contributed by atoms with Crippen LogP contribution in [0.4, 0.5) is 22.0 Å². The number of methoxy groups -OCH3 is 1. The summed E-state index contributed by atoms with van der Waals surface area (Å²) in [7, 11) is 1.72. The van der Waals surface area contributed by atoms with Gasteiger partial charge in [0.05, 0.1) is 0 Å². The third-order valence-electron chi connectivity index (χ3n) is 5.88. The smallest absolute Gasteiger partial charge is 0.353 e. The van der Waals surface area contributed by atoms with Gasteiger partial charge in [0.15, 0.2) is 0 Å². The third kappa shape index (κ3) is 5.52. The van der Waals surface area contributed by atoms with Crippen molar-refractivity contribution in [2.75, 3.05) is 13.7 Å². The highest BCUT2D eigenvalue weighted by atomic mass is 35.5. The van der Waals surface area contributed by atoms with E-state index >= 15 is 0 Å². The van der Waals surface area contributed by atoms with Gasteiger partial charge in [-0.2, -0.15) is 8.78 Å². The fraction of sp³-hybridized carbons (Fsp3) is 0.478. The van der Waals surface area contributed by atoms with Crippen molar-refractivity contribution in [1.29, 1.82) is 0 Å². The molecule has 1 nitrogen and oxygen atoms in total. The Labute approximate surface area is 178 Å². The fourth-order valence-electron chi connectivity index (χ4n) is 4.24. The molecule has 0 spiro atoms. The molecule has 0 aliphatic heterocycles. The summed E-state index contributed by atoms with van der Waals surface area (Å²) in [5.74, 6) is -2.47. The second kappa shape index (κ2) is 9.65. The van der Waals surface area contributed by atoms with Gasteiger partial charge in [0, 0.05) is 19.3 Å². The molecule has 3 rings (SSSR count). The number of alkyl halides is 3. The quantitative estimate of drug-likeness (QED) is 0.317. The van der Waals surface area contributed by atoms with E-state index in [0.717, 1.165) is 44.3 Å². The van der Waals surface area contributed by atoms with E-state index in [1.807, 2.05) is 0 Å². The average molecular weight is 447 g/mol. The predicted molar refractivity (Wildman–Crippen MR) is 107 cm³/mol. The van der Waals surface area contributed by atoms with Crippen molar-refractivity contribution < 1.29 is 26.7 Å². The minimum absolute atomic E-state index is 0.0546. The van der Waals surface area contributed by atoms with Crippen molar-refractivity contribution in [3.63, 3.8) is 0 Å². The van der Waals surface area contributed by atoms with Crippen LogP contribution in [0.25, 0.3) is 11.1 Å². The first-order valence-electron chi connectivity index (χ1n) is 10.0. The van der Waals surface area contributed by atoms with Crippen LogP contribution in [-0.4, -0.2) is 13.7 Å². The maximum atomic E-state index is 14.6. The monoisotopic (exact) mass is 446 g/mol. The molecule has 1 aliphatic rings. The van der Waals surface area contributed by atoms with Crippen LogP contribution < -0.4 is 0 Å². The molecule has 30 heavy (non-hydrogen) atoms. The van der Waals surface area contributed by atoms with E-state index in [4.69, 9.17) is 16.3 Å². The molecule has 1 fully saturated rings.